The van der Waals surface area contributed by atoms with Crippen molar-refractivity contribution in [3.8, 4) is 0 Å². The van der Waals surface area contributed by atoms with Gasteiger partial charge in [-0.2, -0.15) is 0 Å². The number of halogens is 1. The highest BCUT2D eigenvalue weighted by Crippen LogP contribution is 2.38. The van der Waals surface area contributed by atoms with E-state index in [9.17, 15) is 4.79 Å². The van der Waals surface area contributed by atoms with E-state index in [1.807, 2.05) is 0 Å². The number of unbranched alkanes of at least 4 members (excludes halogenated alkanes) is 3. The van der Waals surface area contributed by atoms with Gasteiger partial charge in [-0.1, -0.05) is 26.2 Å². The van der Waals surface area contributed by atoms with Crippen LogP contribution in [-0.2, 0) is 4.79 Å². The molecule has 3 nitrogen and oxygen atoms in total. The van der Waals surface area contributed by atoms with Crippen LogP contribution in [-0.4, -0.2) is 34.6 Å². The van der Waals surface area contributed by atoms with Crippen molar-refractivity contribution in [2.75, 3.05) is 6.54 Å². The Hall–Kier alpha value is -0.280. The summed E-state index contributed by atoms with van der Waals surface area (Å²) in [4.78, 5) is 13.7. The fourth-order valence-corrected chi connectivity index (χ4v) is 3.56. The van der Waals surface area contributed by atoms with Crippen molar-refractivity contribution in [1.29, 1.82) is 0 Å². The highest BCUT2D eigenvalue weighted by atomic mass is 35.5. The third-order valence-electron chi connectivity index (χ3n) is 4.50. The molecule has 0 radical (unpaired) electrons. The Bertz CT molecular complexity index is 259. The number of hydrogen-bond acceptors (Lipinski definition) is 2. The lowest BCUT2D eigenvalue weighted by Gasteiger charge is -2.37. The Morgan fingerprint density at radius 1 is 1.17 bits per heavy atom. The van der Waals surface area contributed by atoms with Crippen molar-refractivity contribution in [3.63, 3.8) is 0 Å². The molecule has 2 saturated heterocycles. The molecular formula is C14H26ClNO2. The van der Waals surface area contributed by atoms with Crippen LogP contribution in [0.1, 0.15) is 58.3 Å². The summed E-state index contributed by atoms with van der Waals surface area (Å²) in [5.41, 5.74) is 0. The van der Waals surface area contributed by atoms with Crippen LogP contribution in [0.15, 0.2) is 0 Å². The molecule has 2 rings (SSSR count). The number of rotatable bonds is 6. The molecule has 0 amide bonds. The van der Waals surface area contributed by atoms with E-state index in [-0.39, 0.29) is 18.3 Å². The summed E-state index contributed by atoms with van der Waals surface area (Å²) >= 11 is 0. The fraction of sp³-hybridized carbons (Fsp3) is 0.929. The normalized spacial score (nSPS) is 31.1. The largest absolute Gasteiger partial charge is 0.481 e. The standard InChI is InChI=1S/C14H25NO2.ClH/c1-2-3-4-5-8-15-12-6-7-13(15)10-11(9-12)14(16)17;/h11-13H,2-10H2,1H3,(H,16,17);1H. The summed E-state index contributed by atoms with van der Waals surface area (Å²) in [6.07, 6.45) is 9.46. The lowest BCUT2D eigenvalue weighted by molar-refractivity contribution is -0.144. The molecule has 0 aromatic carbocycles. The van der Waals surface area contributed by atoms with Crippen molar-refractivity contribution in [1.82, 2.24) is 4.90 Å². The number of fused-ring (bicyclic) bond motifs is 2. The molecule has 2 fully saturated rings. The highest BCUT2D eigenvalue weighted by molar-refractivity contribution is 5.85. The second-order valence-corrected chi connectivity index (χ2v) is 5.69. The molecule has 1 N–H and O–H groups in total. The molecule has 4 heteroatoms. The van der Waals surface area contributed by atoms with Crippen LogP contribution < -0.4 is 0 Å². The summed E-state index contributed by atoms with van der Waals surface area (Å²) in [6.45, 7) is 3.43. The molecule has 0 aromatic heterocycles. The number of carboxylic acid groups (broad SMARTS) is 1. The number of carboxylic acids is 1. The Kier molecular flexibility index (Phi) is 6.44. The van der Waals surface area contributed by atoms with E-state index in [1.54, 1.807) is 0 Å². The van der Waals surface area contributed by atoms with Crippen molar-refractivity contribution in [2.24, 2.45) is 5.92 Å². The first-order valence-corrected chi connectivity index (χ1v) is 7.21. The van der Waals surface area contributed by atoms with Gasteiger partial charge in [0.15, 0.2) is 0 Å². The van der Waals surface area contributed by atoms with Gasteiger partial charge in [0.1, 0.15) is 0 Å². The van der Waals surface area contributed by atoms with Gasteiger partial charge in [0, 0.05) is 12.1 Å². The lowest BCUT2D eigenvalue weighted by atomic mass is 9.90. The summed E-state index contributed by atoms with van der Waals surface area (Å²) in [5, 5.41) is 9.12. The second-order valence-electron chi connectivity index (χ2n) is 5.69. The smallest absolute Gasteiger partial charge is 0.306 e. The zero-order chi connectivity index (χ0) is 12.3. The molecule has 106 valence electrons. The van der Waals surface area contributed by atoms with E-state index in [2.05, 4.69) is 11.8 Å². The topological polar surface area (TPSA) is 40.5 Å². The van der Waals surface area contributed by atoms with Crippen LogP contribution in [0, 0.1) is 5.92 Å². The van der Waals surface area contributed by atoms with E-state index < -0.39 is 5.97 Å². The van der Waals surface area contributed by atoms with Gasteiger partial charge >= 0.3 is 5.97 Å². The van der Waals surface area contributed by atoms with Crippen molar-refractivity contribution >= 4 is 18.4 Å². The SMILES string of the molecule is CCCCCCN1C2CCC1CC(C(=O)O)C2.Cl. The van der Waals surface area contributed by atoms with E-state index in [0.717, 1.165) is 12.8 Å². The van der Waals surface area contributed by atoms with Gasteiger partial charge in [-0.3, -0.25) is 9.69 Å². The quantitative estimate of drug-likeness (QED) is 0.756. The summed E-state index contributed by atoms with van der Waals surface area (Å²) in [7, 11) is 0. The minimum absolute atomic E-state index is 0. The third-order valence-corrected chi connectivity index (χ3v) is 4.50. The maximum Gasteiger partial charge on any atom is 0.306 e. The minimum atomic E-state index is -0.576. The average Bonchev–Trinajstić information content (AvgIpc) is 2.55. The zero-order valence-corrected chi connectivity index (χ0v) is 12.1. The molecule has 0 aromatic rings. The van der Waals surface area contributed by atoms with Gasteiger partial charge in [0.25, 0.3) is 0 Å². The Balaban J connectivity index is 0.00000162. The zero-order valence-electron chi connectivity index (χ0n) is 11.3. The van der Waals surface area contributed by atoms with Crippen LogP contribution in [0.2, 0.25) is 0 Å². The summed E-state index contributed by atoms with van der Waals surface area (Å²) < 4.78 is 0. The Morgan fingerprint density at radius 2 is 1.78 bits per heavy atom. The molecule has 2 aliphatic rings. The second kappa shape index (κ2) is 7.34. The predicted octanol–water partition coefficient (Wildman–Crippen LogP) is 3.32. The molecule has 2 heterocycles. The van der Waals surface area contributed by atoms with E-state index >= 15 is 0 Å². The van der Waals surface area contributed by atoms with Crippen LogP contribution in [0.3, 0.4) is 0 Å². The van der Waals surface area contributed by atoms with Crippen molar-refractivity contribution in [3.05, 3.63) is 0 Å². The monoisotopic (exact) mass is 275 g/mol. The molecule has 0 aliphatic carbocycles. The Morgan fingerprint density at radius 3 is 2.28 bits per heavy atom. The highest BCUT2D eigenvalue weighted by Gasteiger charge is 2.42. The molecular weight excluding hydrogens is 250 g/mol. The number of aliphatic carboxylic acids is 1. The van der Waals surface area contributed by atoms with Gasteiger partial charge < -0.3 is 5.11 Å². The molecule has 2 bridgehead atoms. The number of nitrogens with zero attached hydrogens (tertiary/aromatic N) is 1. The van der Waals surface area contributed by atoms with E-state index in [1.165, 1.54) is 45.1 Å². The average molecular weight is 276 g/mol. The van der Waals surface area contributed by atoms with Crippen LogP contribution in [0.5, 0.6) is 0 Å². The van der Waals surface area contributed by atoms with Crippen LogP contribution >= 0.6 is 12.4 Å². The lowest BCUT2D eigenvalue weighted by Crippen LogP contribution is -2.45. The van der Waals surface area contributed by atoms with Crippen molar-refractivity contribution < 1.29 is 9.90 Å². The molecule has 0 saturated carbocycles. The van der Waals surface area contributed by atoms with Gasteiger partial charge in [-0.25, -0.2) is 0 Å². The van der Waals surface area contributed by atoms with Gasteiger partial charge in [0.2, 0.25) is 0 Å². The molecule has 2 aliphatic heterocycles. The predicted molar refractivity (Wildman–Crippen MR) is 75.3 cm³/mol. The fourth-order valence-electron chi connectivity index (χ4n) is 3.56. The van der Waals surface area contributed by atoms with Gasteiger partial charge in [0.05, 0.1) is 5.92 Å². The van der Waals surface area contributed by atoms with Crippen molar-refractivity contribution in [2.45, 2.75) is 70.4 Å². The summed E-state index contributed by atoms with van der Waals surface area (Å²) in [6, 6.07) is 1.13. The van der Waals surface area contributed by atoms with Crippen LogP contribution in [0.4, 0.5) is 0 Å². The van der Waals surface area contributed by atoms with Gasteiger partial charge in [-0.05, 0) is 38.6 Å². The first-order chi connectivity index (χ1) is 8.22. The van der Waals surface area contributed by atoms with E-state index in [4.69, 9.17) is 5.11 Å². The molecule has 2 atom stereocenters. The van der Waals surface area contributed by atoms with Gasteiger partial charge in [-0.15, -0.1) is 12.4 Å². The van der Waals surface area contributed by atoms with E-state index in [0.29, 0.717) is 12.1 Å². The number of carbonyl (C=O) groups is 1. The Labute approximate surface area is 116 Å². The first kappa shape index (κ1) is 15.8. The number of piperidine rings is 1. The van der Waals surface area contributed by atoms with Crippen LogP contribution in [0.25, 0.3) is 0 Å². The minimum Gasteiger partial charge on any atom is -0.481 e. The molecule has 18 heavy (non-hydrogen) atoms. The third kappa shape index (κ3) is 3.61. The number of hydrogen-bond donors (Lipinski definition) is 1. The first-order valence-electron chi connectivity index (χ1n) is 7.21. The molecule has 2 unspecified atom stereocenters. The maximum absolute atomic E-state index is 11.1. The molecule has 0 spiro atoms. The maximum atomic E-state index is 11.1. The summed E-state index contributed by atoms with van der Waals surface area (Å²) in [5.74, 6) is -0.646.